The fourth-order valence-corrected chi connectivity index (χ4v) is 3.23. The molecule has 20 heavy (non-hydrogen) atoms. The van der Waals surface area contributed by atoms with Crippen LogP contribution in [0.1, 0.15) is 39.0 Å². The van der Waals surface area contributed by atoms with Crippen molar-refractivity contribution >= 4 is 17.3 Å². The molecule has 1 aromatic carbocycles. The fourth-order valence-electron chi connectivity index (χ4n) is 2.99. The summed E-state index contributed by atoms with van der Waals surface area (Å²) in [6, 6.07) is 4.24. The normalized spacial score (nSPS) is 22.4. The SMILES string of the molecule is CCC1CCCC(Nc2cc(Cl)c(OC)cc2OC)C1. The first-order valence-corrected chi connectivity index (χ1v) is 7.73. The number of rotatable bonds is 5. The summed E-state index contributed by atoms with van der Waals surface area (Å²) < 4.78 is 10.7. The maximum Gasteiger partial charge on any atom is 0.145 e. The second kappa shape index (κ2) is 7.07. The summed E-state index contributed by atoms with van der Waals surface area (Å²) >= 11 is 6.21. The van der Waals surface area contributed by atoms with E-state index in [0.29, 0.717) is 16.8 Å². The minimum atomic E-state index is 0.507. The van der Waals surface area contributed by atoms with Crippen LogP contribution < -0.4 is 14.8 Å². The maximum absolute atomic E-state index is 6.21. The Labute approximate surface area is 126 Å². The van der Waals surface area contributed by atoms with Crippen molar-refractivity contribution in [3.05, 3.63) is 17.2 Å². The van der Waals surface area contributed by atoms with Gasteiger partial charge in [-0.3, -0.25) is 0 Å². The molecule has 0 bridgehead atoms. The van der Waals surface area contributed by atoms with Gasteiger partial charge >= 0.3 is 0 Å². The number of anilines is 1. The van der Waals surface area contributed by atoms with Crippen molar-refractivity contribution in [1.82, 2.24) is 0 Å². The van der Waals surface area contributed by atoms with E-state index in [0.717, 1.165) is 17.4 Å². The summed E-state index contributed by atoms with van der Waals surface area (Å²) in [6.07, 6.45) is 6.35. The highest BCUT2D eigenvalue weighted by atomic mass is 35.5. The molecule has 4 heteroatoms. The highest BCUT2D eigenvalue weighted by Gasteiger charge is 2.22. The van der Waals surface area contributed by atoms with Gasteiger partial charge in [0.2, 0.25) is 0 Å². The lowest BCUT2D eigenvalue weighted by molar-refractivity contribution is 0.326. The van der Waals surface area contributed by atoms with E-state index in [4.69, 9.17) is 21.1 Å². The third-order valence-corrected chi connectivity index (χ3v) is 4.49. The molecule has 3 nitrogen and oxygen atoms in total. The summed E-state index contributed by atoms with van der Waals surface area (Å²) in [5, 5.41) is 4.20. The van der Waals surface area contributed by atoms with E-state index in [1.165, 1.54) is 32.1 Å². The van der Waals surface area contributed by atoms with Crippen molar-refractivity contribution in [2.45, 2.75) is 45.1 Å². The molecule has 1 aromatic rings. The topological polar surface area (TPSA) is 30.5 Å². The zero-order chi connectivity index (χ0) is 14.5. The van der Waals surface area contributed by atoms with E-state index in [9.17, 15) is 0 Å². The average molecular weight is 298 g/mol. The third-order valence-electron chi connectivity index (χ3n) is 4.19. The molecule has 0 spiro atoms. The van der Waals surface area contributed by atoms with Gasteiger partial charge in [-0.05, 0) is 24.8 Å². The maximum atomic E-state index is 6.21. The Kier molecular flexibility index (Phi) is 5.41. The van der Waals surface area contributed by atoms with Crippen LogP contribution >= 0.6 is 11.6 Å². The molecule has 0 heterocycles. The van der Waals surface area contributed by atoms with Crippen molar-refractivity contribution in [3.8, 4) is 11.5 Å². The molecule has 0 aliphatic heterocycles. The first-order valence-electron chi connectivity index (χ1n) is 7.36. The zero-order valence-corrected chi connectivity index (χ0v) is 13.3. The first kappa shape index (κ1) is 15.3. The predicted molar refractivity (Wildman–Crippen MR) is 84.2 cm³/mol. The van der Waals surface area contributed by atoms with E-state index in [2.05, 4.69) is 12.2 Å². The van der Waals surface area contributed by atoms with Crippen molar-refractivity contribution in [2.24, 2.45) is 5.92 Å². The van der Waals surface area contributed by atoms with Gasteiger partial charge in [-0.15, -0.1) is 0 Å². The summed E-state index contributed by atoms with van der Waals surface area (Å²) in [6.45, 7) is 2.28. The van der Waals surface area contributed by atoms with E-state index in [-0.39, 0.29) is 0 Å². The standard InChI is InChI=1S/C16H24ClNO2/c1-4-11-6-5-7-12(8-11)18-14-9-13(17)15(19-2)10-16(14)20-3/h9-12,18H,4-8H2,1-3H3. The molecule has 2 rings (SSSR count). The molecule has 1 aliphatic carbocycles. The van der Waals surface area contributed by atoms with Gasteiger partial charge in [0.15, 0.2) is 0 Å². The van der Waals surface area contributed by atoms with Gasteiger partial charge in [0, 0.05) is 12.1 Å². The number of hydrogen-bond donors (Lipinski definition) is 1. The molecule has 1 aliphatic rings. The second-order valence-electron chi connectivity index (χ2n) is 5.47. The van der Waals surface area contributed by atoms with Crippen LogP contribution in [0.15, 0.2) is 12.1 Å². The van der Waals surface area contributed by atoms with Crippen molar-refractivity contribution in [1.29, 1.82) is 0 Å². The summed E-state index contributed by atoms with van der Waals surface area (Å²) in [4.78, 5) is 0. The van der Waals surface area contributed by atoms with E-state index in [1.807, 2.05) is 12.1 Å². The summed E-state index contributed by atoms with van der Waals surface area (Å²) in [7, 11) is 3.28. The predicted octanol–water partition coefficient (Wildman–Crippen LogP) is 4.74. The van der Waals surface area contributed by atoms with Gasteiger partial charge in [0.25, 0.3) is 0 Å². The number of halogens is 1. The Bertz CT molecular complexity index is 450. The largest absolute Gasteiger partial charge is 0.495 e. The smallest absolute Gasteiger partial charge is 0.145 e. The molecule has 1 fully saturated rings. The van der Waals surface area contributed by atoms with Crippen molar-refractivity contribution in [2.75, 3.05) is 19.5 Å². The Hall–Kier alpha value is -1.09. The number of ether oxygens (including phenoxy) is 2. The molecule has 0 radical (unpaired) electrons. The van der Waals surface area contributed by atoms with Crippen LogP contribution in [-0.4, -0.2) is 20.3 Å². The van der Waals surface area contributed by atoms with Crippen LogP contribution in [0.2, 0.25) is 5.02 Å². The van der Waals surface area contributed by atoms with Crippen molar-refractivity contribution in [3.63, 3.8) is 0 Å². The van der Waals surface area contributed by atoms with Crippen LogP contribution in [-0.2, 0) is 0 Å². The highest BCUT2D eigenvalue weighted by molar-refractivity contribution is 6.32. The van der Waals surface area contributed by atoms with E-state index < -0.39 is 0 Å². The molecule has 1 saturated carbocycles. The Morgan fingerprint density at radius 3 is 2.60 bits per heavy atom. The van der Waals surface area contributed by atoms with Gasteiger partial charge in [-0.2, -0.15) is 0 Å². The second-order valence-corrected chi connectivity index (χ2v) is 5.88. The number of hydrogen-bond acceptors (Lipinski definition) is 3. The Morgan fingerprint density at radius 2 is 1.95 bits per heavy atom. The minimum Gasteiger partial charge on any atom is -0.495 e. The van der Waals surface area contributed by atoms with E-state index in [1.54, 1.807) is 14.2 Å². The highest BCUT2D eigenvalue weighted by Crippen LogP contribution is 2.38. The van der Waals surface area contributed by atoms with Crippen LogP contribution in [0.5, 0.6) is 11.5 Å². The molecule has 0 amide bonds. The van der Waals surface area contributed by atoms with Gasteiger partial charge in [0.1, 0.15) is 11.5 Å². The molecular formula is C16H24ClNO2. The minimum absolute atomic E-state index is 0.507. The lowest BCUT2D eigenvalue weighted by atomic mass is 9.84. The van der Waals surface area contributed by atoms with Gasteiger partial charge in [-0.1, -0.05) is 37.8 Å². The molecule has 2 atom stereocenters. The quantitative estimate of drug-likeness (QED) is 0.851. The molecule has 0 saturated heterocycles. The monoisotopic (exact) mass is 297 g/mol. The third kappa shape index (κ3) is 3.51. The molecular weight excluding hydrogens is 274 g/mol. The van der Waals surface area contributed by atoms with Gasteiger partial charge in [-0.25, -0.2) is 0 Å². The first-order chi connectivity index (χ1) is 9.67. The number of nitrogens with one attached hydrogen (secondary N) is 1. The summed E-state index contributed by atoms with van der Waals surface area (Å²) in [5.74, 6) is 2.26. The average Bonchev–Trinajstić information content (AvgIpc) is 2.48. The van der Waals surface area contributed by atoms with Crippen molar-refractivity contribution < 1.29 is 9.47 Å². The van der Waals surface area contributed by atoms with Gasteiger partial charge in [0.05, 0.1) is 24.9 Å². The lowest BCUT2D eigenvalue weighted by Crippen LogP contribution is -2.27. The van der Waals surface area contributed by atoms with Crippen LogP contribution in [0.3, 0.4) is 0 Å². The van der Waals surface area contributed by atoms with E-state index >= 15 is 0 Å². The fraction of sp³-hybridized carbons (Fsp3) is 0.625. The Morgan fingerprint density at radius 1 is 1.20 bits per heavy atom. The molecule has 0 aromatic heterocycles. The lowest BCUT2D eigenvalue weighted by Gasteiger charge is -2.30. The van der Waals surface area contributed by atoms with Crippen LogP contribution in [0.4, 0.5) is 5.69 Å². The Balaban J connectivity index is 2.13. The number of methoxy groups -OCH3 is 2. The molecule has 112 valence electrons. The zero-order valence-electron chi connectivity index (χ0n) is 12.5. The van der Waals surface area contributed by atoms with Crippen LogP contribution in [0, 0.1) is 5.92 Å². The number of benzene rings is 1. The van der Waals surface area contributed by atoms with Gasteiger partial charge < -0.3 is 14.8 Å². The van der Waals surface area contributed by atoms with Crippen LogP contribution in [0.25, 0.3) is 0 Å². The summed E-state index contributed by atoms with van der Waals surface area (Å²) in [5.41, 5.74) is 0.958. The molecule has 1 N–H and O–H groups in total. The molecule has 2 unspecified atom stereocenters.